The van der Waals surface area contributed by atoms with Crippen LogP contribution in [-0.4, -0.2) is 18.2 Å². The summed E-state index contributed by atoms with van der Waals surface area (Å²) in [4.78, 5) is 0. The van der Waals surface area contributed by atoms with Crippen LogP contribution in [0.2, 0.25) is 5.02 Å². The van der Waals surface area contributed by atoms with E-state index < -0.39 is 0 Å². The summed E-state index contributed by atoms with van der Waals surface area (Å²) in [7, 11) is 0. The SMILES string of the molecule is Oc1cccc(Cl)c1CC1CCNCC1. The van der Waals surface area contributed by atoms with Crippen molar-refractivity contribution in [1.29, 1.82) is 0 Å². The summed E-state index contributed by atoms with van der Waals surface area (Å²) in [5.41, 5.74) is 0.908. The number of phenols is 1. The fourth-order valence-corrected chi connectivity index (χ4v) is 2.37. The van der Waals surface area contributed by atoms with Crippen LogP contribution in [0.25, 0.3) is 0 Å². The van der Waals surface area contributed by atoms with Crippen molar-refractivity contribution in [2.24, 2.45) is 5.92 Å². The Morgan fingerprint density at radius 2 is 2.07 bits per heavy atom. The summed E-state index contributed by atoms with van der Waals surface area (Å²) < 4.78 is 0. The molecular formula is C12H16ClNO. The Balaban J connectivity index is 2.09. The number of piperidine rings is 1. The normalized spacial score (nSPS) is 17.9. The minimum atomic E-state index is 0.334. The summed E-state index contributed by atoms with van der Waals surface area (Å²) in [5.74, 6) is 0.984. The maximum absolute atomic E-state index is 9.72. The van der Waals surface area contributed by atoms with E-state index in [1.54, 1.807) is 12.1 Å². The molecule has 1 saturated heterocycles. The van der Waals surface area contributed by atoms with Gasteiger partial charge in [-0.2, -0.15) is 0 Å². The Kier molecular flexibility index (Phi) is 3.49. The van der Waals surface area contributed by atoms with Crippen LogP contribution in [0.5, 0.6) is 5.75 Å². The van der Waals surface area contributed by atoms with Crippen LogP contribution in [-0.2, 0) is 6.42 Å². The highest BCUT2D eigenvalue weighted by atomic mass is 35.5. The van der Waals surface area contributed by atoms with Gasteiger partial charge in [0, 0.05) is 10.6 Å². The number of hydrogen-bond donors (Lipinski definition) is 2. The second-order valence-corrected chi connectivity index (χ2v) is 4.54. The molecule has 2 N–H and O–H groups in total. The molecule has 0 amide bonds. The van der Waals surface area contributed by atoms with Gasteiger partial charge < -0.3 is 10.4 Å². The zero-order valence-electron chi connectivity index (χ0n) is 8.67. The molecule has 3 heteroatoms. The summed E-state index contributed by atoms with van der Waals surface area (Å²) in [5, 5.41) is 13.7. The molecule has 1 aromatic rings. The van der Waals surface area contributed by atoms with E-state index in [1.807, 2.05) is 6.07 Å². The van der Waals surface area contributed by atoms with Crippen molar-refractivity contribution in [3.05, 3.63) is 28.8 Å². The third-order valence-corrected chi connectivity index (χ3v) is 3.40. The van der Waals surface area contributed by atoms with Gasteiger partial charge in [0.15, 0.2) is 0 Å². The van der Waals surface area contributed by atoms with Crippen LogP contribution in [0, 0.1) is 5.92 Å². The minimum Gasteiger partial charge on any atom is -0.508 e. The molecule has 0 atom stereocenters. The molecule has 1 aromatic carbocycles. The van der Waals surface area contributed by atoms with Crippen molar-refractivity contribution in [2.75, 3.05) is 13.1 Å². The van der Waals surface area contributed by atoms with Crippen LogP contribution in [0.4, 0.5) is 0 Å². The highest BCUT2D eigenvalue weighted by Gasteiger charge is 2.16. The van der Waals surface area contributed by atoms with Crippen LogP contribution < -0.4 is 5.32 Å². The van der Waals surface area contributed by atoms with Gasteiger partial charge in [-0.3, -0.25) is 0 Å². The molecule has 0 saturated carbocycles. The van der Waals surface area contributed by atoms with E-state index in [-0.39, 0.29) is 0 Å². The van der Waals surface area contributed by atoms with Crippen molar-refractivity contribution in [2.45, 2.75) is 19.3 Å². The second kappa shape index (κ2) is 4.86. The van der Waals surface area contributed by atoms with Crippen molar-refractivity contribution < 1.29 is 5.11 Å². The standard InChI is InChI=1S/C12H16ClNO/c13-11-2-1-3-12(15)10(11)8-9-4-6-14-7-5-9/h1-3,9,14-15H,4-8H2. The van der Waals surface area contributed by atoms with Gasteiger partial charge in [0.1, 0.15) is 5.75 Å². The molecule has 1 fully saturated rings. The van der Waals surface area contributed by atoms with E-state index in [2.05, 4.69) is 5.32 Å². The first-order chi connectivity index (χ1) is 7.27. The quantitative estimate of drug-likeness (QED) is 0.811. The van der Waals surface area contributed by atoms with Gasteiger partial charge in [0.25, 0.3) is 0 Å². The lowest BCUT2D eigenvalue weighted by Gasteiger charge is -2.23. The van der Waals surface area contributed by atoms with Crippen LogP contribution in [0.15, 0.2) is 18.2 Å². The smallest absolute Gasteiger partial charge is 0.120 e. The zero-order chi connectivity index (χ0) is 10.7. The molecule has 0 unspecified atom stereocenters. The Morgan fingerprint density at radius 3 is 2.73 bits per heavy atom. The molecule has 0 spiro atoms. The van der Waals surface area contributed by atoms with Crippen molar-refractivity contribution in [3.8, 4) is 5.75 Å². The fourth-order valence-electron chi connectivity index (χ4n) is 2.12. The molecule has 15 heavy (non-hydrogen) atoms. The lowest BCUT2D eigenvalue weighted by molar-refractivity contribution is 0.366. The molecular weight excluding hydrogens is 210 g/mol. The monoisotopic (exact) mass is 225 g/mol. The lowest BCUT2D eigenvalue weighted by Crippen LogP contribution is -2.28. The predicted molar refractivity (Wildman–Crippen MR) is 62.4 cm³/mol. The summed E-state index contributed by atoms with van der Waals surface area (Å²) in [6, 6.07) is 5.34. The average Bonchev–Trinajstić information content (AvgIpc) is 2.25. The average molecular weight is 226 g/mol. The number of benzene rings is 1. The zero-order valence-corrected chi connectivity index (χ0v) is 9.43. The van der Waals surface area contributed by atoms with Crippen molar-refractivity contribution in [1.82, 2.24) is 5.32 Å². The van der Waals surface area contributed by atoms with Gasteiger partial charge in [-0.15, -0.1) is 0 Å². The minimum absolute atomic E-state index is 0.334. The highest BCUT2D eigenvalue weighted by molar-refractivity contribution is 6.31. The summed E-state index contributed by atoms with van der Waals surface area (Å²) in [6.45, 7) is 2.16. The maximum Gasteiger partial charge on any atom is 0.120 e. The first-order valence-corrected chi connectivity index (χ1v) is 5.82. The molecule has 0 aliphatic carbocycles. The van der Waals surface area contributed by atoms with Crippen LogP contribution in [0.1, 0.15) is 18.4 Å². The summed E-state index contributed by atoms with van der Waals surface area (Å²) in [6.07, 6.45) is 3.24. The van der Waals surface area contributed by atoms with E-state index in [9.17, 15) is 5.11 Å². The number of hydrogen-bond acceptors (Lipinski definition) is 2. The Morgan fingerprint density at radius 1 is 1.33 bits per heavy atom. The molecule has 82 valence electrons. The number of aromatic hydroxyl groups is 1. The Bertz CT molecular complexity index is 314. The first kappa shape index (κ1) is 10.8. The lowest BCUT2D eigenvalue weighted by atomic mass is 9.90. The summed E-state index contributed by atoms with van der Waals surface area (Å²) >= 11 is 6.07. The van der Waals surface area contributed by atoms with Gasteiger partial charge in [0.2, 0.25) is 0 Å². The van der Waals surface area contributed by atoms with Gasteiger partial charge in [0.05, 0.1) is 0 Å². The third-order valence-electron chi connectivity index (χ3n) is 3.05. The first-order valence-electron chi connectivity index (χ1n) is 5.44. The van der Waals surface area contributed by atoms with E-state index >= 15 is 0 Å². The molecule has 2 nitrogen and oxygen atoms in total. The predicted octanol–water partition coefficient (Wildman–Crippen LogP) is 2.59. The highest BCUT2D eigenvalue weighted by Crippen LogP contribution is 2.30. The Labute approximate surface area is 95.3 Å². The topological polar surface area (TPSA) is 32.3 Å². The molecule has 0 aromatic heterocycles. The Hall–Kier alpha value is -0.730. The van der Waals surface area contributed by atoms with Crippen LogP contribution >= 0.6 is 11.6 Å². The van der Waals surface area contributed by atoms with Crippen molar-refractivity contribution in [3.63, 3.8) is 0 Å². The van der Waals surface area contributed by atoms with E-state index in [0.717, 1.165) is 25.1 Å². The molecule has 1 heterocycles. The maximum atomic E-state index is 9.72. The van der Waals surface area contributed by atoms with E-state index in [4.69, 9.17) is 11.6 Å². The van der Waals surface area contributed by atoms with Gasteiger partial charge in [-0.1, -0.05) is 17.7 Å². The molecule has 1 aliphatic heterocycles. The molecule has 0 radical (unpaired) electrons. The van der Waals surface area contributed by atoms with E-state index in [1.165, 1.54) is 12.8 Å². The van der Waals surface area contributed by atoms with Crippen molar-refractivity contribution >= 4 is 11.6 Å². The third kappa shape index (κ3) is 2.64. The van der Waals surface area contributed by atoms with E-state index in [0.29, 0.717) is 16.7 Å². The number of phenolic OH excluding ortho intramolecular Hbond substituents is 1. The molecule has 0 bridgehead atoms. The number of nitrogens with one attached hydrogen (secondary N) is 1. The van der Waals surface area contributed by atoms with Gasteiger partial charge >= 0.3 is 0 Å². The molecule has 2 rings (SSSR count). The van der Waals surface area contributed by atoms with Gasteiger partial charge in [-0.05, 0) is 50.4 Å². The second-order valence-electron chi connectivity index (χ2n) is 4.14. The number of halogens is 1. The number of rotatable bonds is 2. The largest absolute Gasteiger partial charge is 0.508 e. The van der Waals surface area contributed by atoms with Gasteiger partial charge in [-0.25, -0.2) is 0 Å². The van der Waals surface area contributed by atoms with Crippen LogP contribution in [0.3, 0.4) is 0 Å². The fraction of sp³-hybridized carbons (Fsp3) is 0.500. The molecule has 1 aliphatic rings.